The maximum Gasteiger partial charge on any atom is 0.321 e. The molecule has 1 atom stereocenters. The molecule has 5 heteroatoms. The van der Waals surface area contributed by atoms with Gasteiger partial charge in [-0.05, 0) is 30.9 Å². The maximum atomic E-state index is 11.9. The highest BCUT2D eigenvalue weighted by molar-refractivity contribution is 5.93. The predicted molar refractivity (Wildman–Crippen MR) is 72.3 cm³/mol. The zero-order valence-electron chi connectivity index (χ0n) is 10.9. The molecule has 0 saturated carbocycles. The lowest BCUT2D eigenvalue weighted by Crippen LogP contribution is -2.51. The number of nitrogens with zero attached hydrogens (tertiary/aromatic N) is 1. The smallest absolute Gasteiger partial charge is 0.321 e. The van der Waals surface area contributed by atoms with Crippen LogP contribution in [0.5, 0.6) is 0 Å². The Balaban J connectivity index is 2.09. The van der Waals surface area contributed by atoms with E-state index in [0.29, 0.717) is 19.5 Å². The second-order valence-electron chi connectivity index (χ2n) is 4.88. The molecule has 0 bridgehead atoms. The van der Waals surface area contributed by atoms with Crippen molar-refractivity contribution >= 4 is 17.7 Å². The summed E-state index contributed by atoms with van der Waals surface area (Å²) < 4.78 is 0. The molecule has 2 N–H and O–H groups in total. The van der Waals surface area contributed by atoms with E-state index in [0.717, 1.165) is 11.3 Å². The molecule has 1 aromatic carbocycles. The van der Waals surface area contributed by atoms with Gasteiger partial charge in [0.2, 0.25) is 0 Å². The minimum absolute atomic E-state index is 0.110. The summed E-state index contributed by atoms with van der Waals surface area (Å²) >= 11 is 0. The number of aryl methyl sites for hydroxylation is 1. The van der Waals surface area contributed by atoms with Crippen LogP contribution in [0.1, 0.15) is 18.4 Å². The molecule has 1 saturated heterocycles. The van der Waals surface area contributed by atoms with E-state index in [-0.39, 0.29) is 18.4 Å². The van der Waals surface area contributed by atoms with E-state index in [2.05, 4.69) is 5.32 Å². The van der Waals surface area contributed by atoms with Crippen LogP contribution in [-0.2, 0) is 4.79 Å². The zero-order chi connectivity index (χ0) is 13.8. The average molecular weight is 262 g/mol. The van der Waals surface area contributed by atoms with Crippen molar-refractivity contribution < 1.29 is 14.7 Å². The van der Waals surface area contributed by atoms with Crippen LogP contribution in [0.25, 0.3) is 0 Å². The first kappa shape index (κ1) is 13.4. The van der Waals surface area contributed by atoms with E-state index in [9.17, 15) is 9.59 Å². The van der Waals surface area contributed by atoms with Gasteiger partial charge in [-0.3, -0.25) is 9.69 Å². The van der Waals surface area contributed by atoms with Crippen LogP contribution < -0.4 is 10.2 Å². The third-order valence-corrected chi connectivity index (χ3v) is 3.40. The second-order valence-corrected chi connectivity index (χ2v) is 4.88. The molecule has 0 spiro atoms. The molecule has 0 aromatic heterocycles. The Bertz CT molecular complexity index is 487. The number of amides is 2. The number of urea groups is 1. The highest BCUT2D eigenvalue weighted by atomic mass is 16.4. The van der Waals surface area contributed by atoms with Gasteiger partial charge in [0.15, 0.2) is 0 Å². The Labute approximate surface area is 112 Å². The van der Waals surface area contributed by atoms with Crippen LogP contribution in [0.15, 0.2) is 24.3 Å². The topological polar surface area (TPSA) is 69.6 Å². The zero-order valence-corrected chi connectivity index (χ0v) is 10.9. The molecule has 102 valence electrons. The van der Waals surface area contributed by atoms with Crippen molar-refractivity contribution in [3.8, 4) is 0 Å². The van der Waals surface area contributed by atoms with E-state index in [1.165, 1.54) is 0 Å². The van der Waals surface area contributed by atoms with E-state index < -0.39 is 5.97 Å². The van der Waals surface area contributed by atoms with Gasteiger partial charge in [0.25, 0.3) is 0 Å². The summed E-state index contributed by atoms with van der Waals surface area (Å²) in [7, 11) is 0. The molecule has 1 fully saturated rings. The number of nitrogens with one attached hydrogen (secondary N) is 1. The van der Waals surface area contributed by atoms with Crippen molar-refractivity contribution in [3.63, 3.8) is 0 Å². The first-order valence-corrected chi connectivity index (χ1v) is 6.40. The predicted octanol–water partition coefficient (Wildman–Crippen LogP) is 2.01. The molecular formula is C14H18N2O3. The largest absolute Gasteiger partial charge is 0.481 e. The number of carbonyl (C=O) groups excluding carboxylic acids is 1. The van der Waals surface area contributed by atoms with Gasteiger partial charge in [-0.15, -0.1) is 0 Å². The SMILES string of the molecule is Cc1ccccc1N1CC(CCC(=O)O)CNC1=O. The number of hydrogen-bond acceptors (Lipinski definition) is 2. The number of para-hydroxylation sites is 1. The van der Waals surface area contributed by atoms with E-state index in [4.69, 9.17) is 5.11 Å². The molecule has 1 aromatic rings. The van der Waals surface area contributed by atoms with Gasteiger partial charge in [-0.25, -0.2) is 4.79 Å². The summed E-state index contributed by atoms with van der Waals surface area (Å²) in [5, 5.41) is 11.5. The van der Waals surface area contributed by atoms with Crippen LogP contribution >= 0.6 is 0 Å². The third kappa shape index (κ3) is 3.24. The molecule has 2 amide bonds. The van der Waals surface area contributed by atoms with Crippen LogP contribution in [0, 0.1) is 12.8 Å². The Hall–Kier alpha value is -2.04. The van der Waals surface area contributed by atoms with Crippen molar-refractivity contribution in [1.82, 2.24) is 5.32 Å². The normalized spacial score (nSPS) is 19.1. The number of rotatable bonds is 4. The fourth-order valence-electron chi connectivity index (χ4n) is 2.33. The van der Waals surface area contributed by atoms with Gasteiger partial charge >= 0.3 is 12.0 Å². The van der Waals surface area contributed by atoms with Crippen LogP contribution in [0.4, 0.5) is 10.5 Å². The number of anilines is 1. The highest BCUT2D eigenvalue weighted by Crippen LogP contribution is 2.23. The lowest BCUT2D eigenvalue weighted by molar-refractivity contribution is -0.137. The molecule has 1 aliphatic heterocycles. The molecule has 1 aliphatic rings. The summed E-state index contributed by atoms with van der Waals surface area (Å²) in [6.45, 7) is 3.09. The molecule has 19 heavy (non-hydrogen) atoms. The van der Waals surface area contributed by atoms with Gasteiger partial charge in [0.05, 0.1) is 0 Å². The average Bonchev–Trinajstić information content (AvgIpc) is 2.38. The first-order chi connectivity index (χ1) is 9.08. The summed E-state index contributed by atoms with van der Waals surface area (Å²) in [4.78, 5) is 24.2. The molecule has 1 heterocycles. The molecule has 0 aliphatic carbocycles. The number of aliphatic carboxylic acids is 1. The van der Waals surface area contributed by atoms with Crippen LogP contribution in [0.2, 0.25) is 0 Å². The Morgan fingerprint density at radius 1 is 1.47 bits per heavy atom. The van der Waals surface area contributed by atoms with Crippen molar-refractivity contribution in [2.24, 2.45) is 5.92 Å². The summed E-state index contributed by atoms with van der Waals surface area (Å²) in [6, 6.07) is 7.60. The van der Waals surface area contributed by atoms with Gasteiger partial charge in [0, 0.05) is 25.2 Å². The van der Waals surface area contributed by atoms with Crippen LogP contribution in [-0.4, -0.2) is 30.2 Å². The van der Waals surface area contributed by atoms with Crippen LogP contribution in [0.3, 0.4) is 0 Å². The summed E-state index contributed by atoms with van der Waals surface area (Å²) in [5.41, 5.74) is 1.93. The van der Waals surface area contributed by atoms with E-state index >= 15 is 0 Å². The van der Waals surface area contributed by atoms with Crippen molar-refractivity contribution in [2.45, 2.75) is 19.8 Å². The number of hydrogen-bond donors (Lipinski definition) is 2. The van der Waals surface area contributed by atoms with Gasteiger partial charge < -0.3 is 10.4 Å². The Morgan fingerprint density at radius 3 is 2.89 bits per heavy atom. The molecule has 0 radical (unpaired) electrons. The summed E-state index contributed by atoms with van der Waals surface area (Å²) in [6.07, 6.45) is 0.722. The fraction of sp³-hybridized carbons (Fsp3) is 0.429. The van der Waals surface area contributed by atoms with E-state index in [1.54, 1.807) is 4.90 Å². The quantitative estimate of drug-likeness (QED) is 0.872. The molecular weight excluding hydrogens is 244 g/mol. The van der Waals surface area contributed by atoms with Crippen molar-refractivity contribution in [3.05, 3.63) is 29.8 Å². The minimum atomic E-state index is -0.792. The van der Waals surface area contributed by atoms with Crippen molar-refractivity contribution in [2.75, 3.05) is 18.0 Å². The standard InChI is InChI=1S/C14H18N2O3/c1-10-4-2-3-5-12(10)16-9-11(6-7-13(17)18)8-15-14(16)19/h2-5,11H,6-9H2,1H3,(H,15,19)(H,17,18). The Morgan fingerprint density at radius 2 is 2.21 bits per heavy atom. The molecule has 5 nitrogen and oxygen atoms in total. The highest BCUT2D eigenvalue weighted by Gasteiger charge is 2.27. The van der Waals surface area contributed by atoms with Crippen molar-refractivity contribution in [1.29, 1.82) is 0 Å². The molecule has 1 unspecified atom stereocenters. The third-order valence-electron chi connectivity index (χ3n) is 3.40. The number of carbonyl (C=O) groups is 2. The van der Waals surface area contributed by atoms with Gasteiger partial charge in [0.1, 0.15) is 0 Å². The monoisotopic (exact) mass is 262 g/mol. The van der Waals surface area contributed by atoms with Gasteiger partial charge in [-0.2, -0.15) is 0 Å². The fourth-order valence-corrected chi connectivity index (χ4v) is 2.33. The lowest BCUT2D eigenvalue weighted by Gasteiger charge is -2.34. The minimum Gasteiger partial charge on any atom is -0.481 e. The number of benzene rings is 1. The maximum absolute atomic E-state index is 11.9. The van der Waals surface area contributed by atoms with E-state index in [1.807, 2.05) is 31.2 Å². The Kier molecular flexibility index (Phi) is 4.04. The van der Waals surface area contributed by atoms with Gasteiger partial charge in [-0.1, -0.05) is 18.2 Å². The summed E-state index contributed by atoms with van der Waals surface area (Å²) in [5.74, 6) is -0.618. The molecule has 2 rings (SSSR count). The number of carboxylic acid groups (broad SMARTS) is 1. The second kappa shape index (κ2) is 5.73. The lowest BCUT2D eigenvalue weighted by atomic mass is 10.00. The number of carboxylic acids is 1. The first-order valence-electron chi connectivity index (χ1n) is 6.40.